The summed E-state index contributed by atoms with van der Waals surface area (Å²) in [6.45, 7) is 1.48. The molecule has 172 valence electrons. The van der Waals surface area contributed by atoms with E-state index < -0.39 is 38.7 Å². The maximum absolute atomic E-state index is 14.5. The number of anilines is 2. The summed E-state index contributed by atoms with van der Waals surface area (Å²) in [7, 11) is -4.44. The molecule has 1 fully saturated rings. The lowest BCUT2D eigenvalue weighted by Gasteiger charge is -2.17. The molecule has 0 aliphatic carbocycles. The first kappa shape index (κ1) is 25.2. The molecule has 1 saturated heterocycles. The molecule has 2 aromatic rings. The number of benzene rings is 1. The van der Waals surface area contributed by atoms with Crippen molar-refractivity contribution in [3.8, 4) is 0 Å². The fourth-order valence-corrected chi connectivity index (χ4v) is 4.64. The zero-order valence-electron chi connectivity index (χ0n) is 15.1. The number of nitrogens with zero attached hydrogens (tertiary/aromatic N) is 1. The maximum Gasteiger partial charge on any atom is 0.490 e. The number of aromatic nitrogens is 1. The molecular weight excluding hydrogens is 539 g/mol. The largest absolute Gasteiger partial charge is 0.490 e. The van der Waals surface area contributed by atoms with Gasteiger partial charge in [-0.15, -0.1) is 11.3 Å². The van der Waals surface area contributed by atoms with Gasteiger partial charge in [0.2, 0.25) is 0 Å². The Bertz CT molecular complexity index is 1030. The number of sulfonamides is 1. The molecule has 8 nitrogen and oxygen atoms in total. The Labute approximate surface area is 185 Å². The van der Waals surface area contributed by atoms with Crippen LogP contribution in [0.15, 0.2) is 26.3 Å². The van der Waals surface area contributed by atoms with Gasteiger partial charge in [0.15, 0.2) is 16.5 Å². The SMILES string of the molecule is O=C(O)C(F)(F)F.O=S(=O)(Nc1cscn1)c1c(F)cc(N[C@H]2CCNC2)c(Br)c1F. The third kappa shape index (κ3) is 6.72. The topological polar surface area (TPSA) is 120 Å². The Morgan fingerprint density at radius 1 is 1.35 bits per heavy atom. The number of aliphatic carboxylic acids is 1. The van der Waals surface area contributed by atoms with Crippen LogP contribution in [-0.4, -0.2) is 49.8 Å². The van der Waals surface area contributed by atoms with E-state index >= 15 is 0 Å². The lowest BCUT2D eigenvalue weighted by Crippen LogP contribution is -2.23. The van der Waals surface area contributed by atoms with Crippen LogP contribution < -0.4 is 15.4 Å². The number of hydrogen-bond acceptors (Lipinski definition) is 7. The predicted molar refractivity (Wildman–Crippen MR) is 106 cm³/mol. The lowest BCUT2D eigenvalue weighted by atomic mass is 10.2. The Kier molecular flexibility index (Phi) is 8.18. The summed E-state index contributed by atoms with van der Waals surface area (Å²) in [5, 5.41) is 14.7. The highest BCUT2D eigenvalue weighted by molar-refractivity contribution is 9.10. The van der Waals surface area contributed by atoms with Gasteiger partial charge in [-0.05, 0) is 35.0 Å². The fraction of sp³-hybridized carbons (Fsp3) is 0.333. The zero-order chi connectivity index (χ0) is 23.4. The van der Waals surface area contributed by atoms with Crippen LogP contribution in [0.25, 0.3) is 0 Å². The van der Waals surface area contributed by atoms with Gasteiger partial charge in [0, 0.05) is 18.0 Å². The van der Waals surface area contributed by atoms with Crippen molar-refractivity contribution < 1.29 is 40.3 Å². The molecule has 31 heavy (non-hydrogen) atoms. The van der Waals surface area contributed by atoms with Crippen LogP contribution in [0.2, 0.25) is 0 Å². The molecule has 16 heteroatoms. The third-order valence-corrected chi connectivity index (χ3v) is 6.47. The monoisotopic (exact) mass is 552 g/mol. The molecule has 0 amide bonds. The molecule has 1 aliphatic rings. The van der Waals surface area contributed by atoms with Gasteiger partial charge in [0.05, 0.1) is 15.7 Å². The van der Waals surface area contributed by atoms with E-state index in [0.717, 1.165) is 30.4 Å². The first-order valence-corrected chi connectivity index (χ1v) is 11.4. The minimum atomic E-state index is -5.08. The summed E-state index contributed by atoms with van der Waals surface area (Å²) in [5.41, 5.74) is 1.58. The quantitative estimate of drug-likeness (QED) is 0.331. The van der Waals surface area contributed by atoms with E-state index in [4.69, 9.17) is 9.90 Å². The summed E-state index contributed by atoms with van der Waals surface area (Å²) in [5.74, 6) is -5.11. The summed E-state index contributed by atoms with van der Waals surface area (Å²) in [4.78, 5) is 11.6. The van der Waals surface area contributed by atoms with Crippen LogP contribution in [0.4, 0.5) is 33.5 Å². The van der Waals surface area contributed by atoms with E-state index in [1.165, 1.54) is 10.9 Å². The van der Waals surface area contributed by atoms with Gasteiger partial charge in [-0.25, -0.2) is 27.0 Å². The number of alkyl halides is 3. The fourth-order valence-electron chi connectivity index (χ4n) is 2.38. The molecular formula is C15H14BrF5N4O4S2. The van der Waals surface area contributed by atoms with Crippen molar-refractivity contribution in [3.05, 3.63) is 33.1 Å². The Hall–Kier alpha value is -2.04. The van der Waals surface area contributed by atoms with Crippen LogP contribution >= 0.6 is 27.3 Å². The van der Waals surface area contributed by atoms with Gasteiger partial charge in [0.25, 0.3) is 10.0 Å². The molecule has 1 aromatic heterocycles. The zero-order valence-corrected chi connectivity index (χ0v) is 18.4. The van der Waals surface area contributed by atoms with Crippen LogP contribution in [0.1, 0.15) is 6.42 Å². The van der Waals surface area contributed by atoms with E-state index in [2.05, 4.69) is 36.3 Å². The minimum Gasteiger partial charge on any atom is -0.475 e. The highest BCUT2D eigenvalue weighted by atomic mass is 79.9. The highest BCUT2D eigenvalue weighted by Gasteiger charge is 2.38. The standard InChI is InChI=1S/C13H13BrF2N4O2S2.C2HF3O2/c14-11-9(19-7-1-2-17-4-7)3-8(15)13(12(11)16)24(21,22)20-10-5-23-6-18-10;3-2(4,5)1(6)7/h3,5-7,17,19-20H,1-2,4H2;(H,6,7)/t7-;/m0./s1. The van der Waals surface area contributed by atoms with Gasteiger partial charge in [0.1, 0.15) is 5.82 Å². The number of nitrogens with one attached hydrogen (secondary N) is 3. The Morgan fingerprint density at radius 2 is 2.00 bits per heavy atom. The summed E-state index contributed by atoms with van der Waals surface area (Å²) in [6.07, 6.45) is -4.28. The second-order valence-corrected chi connectivity index (χ2v) is 9.11. The second kappa shape index (κ2) is 10.1. The first-order valence-electron chi connectivity index (χ1n) is 8.18. The van der Waals surface area contributed by atoms with Gasteiger partial charge >= 0.3 is 12.1 Å². The molecule has 1 aliphatic heterocycles. The number of thiazole rings is 1. The number of carboxylic acids is 1. The summed E-state index contributed by atoms with van der Waals surface area (Å²) < 4.78 is 87.1. The molecule has 0 spiro atoms. The van der Waals surface area contributed by atoms with E-state index in [1.54, 1.807) is 0 Å². The van der Waals surface area contributed by atoms with Gasteiger partial charge < -0.3 is 15.7 Å². The molecule has 1 aromatic carbocycles. The second-order valence-electron chi connectivity index (χ2n) is 5.98. The average molecular weight is 553 g/mol. The van der Waals surface area contributed by atoms with E-state index in [9.17, 15) is 30.4 Å². The third-order valence-electron chi connectivity index (χ3n) is 3.72. The average Bonchev–Trinajstić information content (AvgIpc) is 3.32. The van der Waals surface area contributed by atoms with E-state index in [1.807, 2.05) is 0 Å². The van der Waals surface area contributed by atoms with Crippen molar-refractivity contribution in [2.24, 2.45) is 0 Å². The van der Waals surface area contributed by atoms with Crippen LogP contribution in [0.5, 0.6) is 0 Å². The minimum absolute atomic E-state index is 0.00848. The molecule has 0 unspecified atom stereocenters. The molecule has 3 rings (SSSR count). The van der Waals surface area contributed by atoms with Gasteiger partial charge in [-0.1, -0.05) is 0 Å². The summed E-state index contributed by atoms with van der Waals surface area (Å²) >= 11 is 4.17. The normalized spacial score (nSPS) is 16.4. The van der Waals surface area contributed by atoms with Gasteiger partial charge in [-0.2, -0.15) is 13.2 Å². The van der Waals surface area contributed by atoms with Crippen LogP contribution in [0.3, 0.4) is 0 Å². The highest BCUT2D eigenvalue weighted by Crippen LogP contribution is 2.34. The molecule has 4 N–H and O–H groups in total. The van der Waals surface area contributed by atoms with Crippen molar-refractivity contribution in [3.63, 3.8) is 0 Å². The molecule has 1 atom stereocenters. The predicted octanol–water partition coefficient (Wildman–Crippen LogP) is 3.39. The Morgan fingerprint density at radius 3 is 2.48 bits per heavy atom. The molecule has 0 saturated carbocycles. The first-order chi connectivity index (χ1) is 14.3. The van der Waals surface area contributed by atoms with Crippen molar-refractivity contribution in [2.45, 2.75) is 23.5 Å². The van der Waals surface area contributed by atoms with E-state index in [0.29, 0.717) is 6.54 Å². The number of carboxylic acid groups (broad SMARTS) is 1. The molecule has 2 heterocycles. The number of rotatable bonds is 5. The summed E-state index contributed by atoms with van der Waals surface area (Å²) in [6, 6.07) is 0.997. The number of halogens is 6. The molecule has 0 radical (unpaired) electrons. The van der Waals surface area contributed by atoms with Gasteiger partial charge in [-0.3, -0.25) is 4.72 Å². The smallest absolute Gasteiger partial charge is 0.475 e. The van der Waals surface area contributed by atoms with Crippen molar-refractivity contribution in [1.29, 1.82) is 0 Å². The number of hydrogen-bond donors (Lipinski definition) is 4. The van der Waals surface area contributed by atoms with Crippen molar-refractivity contribution in [1.82, 2.24) is 10.3 Å². The van der Waals surface area contributed by atoms with Crippen LogP contribution in [-0.2, 0) is 14.8 Å². The Balaban J connectivity index is 0.000000423. The molecule has 0 bridgehead atoms. The van der Waals surface area contributed by atoms with Crippen molar-refractivity contribution in [2.75, 3.05) is 23.1 Å². The van der Waals surface area contributed by atoms with Crippen molar-refractivity contribution >= 4 is 54.8 Å². The van der Waals surface area contributed by atoms with E-state index in [-0.39, 0.29) is 22.0 Å². The lowest BCUT2D eigenvalue weighted by molar-refractivity contribution is -0.192. The van der Waals surface area contributed by atoms with Crippen LogP contribution in [0, 0.1) is 11.6 Å². The number of carbonyl (C=O) groups is 1. The maximum atomic E-state index is 14.5.